The van der Waals surface area contributed by atoms with E-state index in [1.807, 2.05) is 24.3 Å². The lowest BCUT2D eigenvalue weighted by atomic mass is 10.0. The summed E-state index contributed by atoms with van der Waals surface area (Å²) >= 11 is 3.42. The first kappa shape index (κ1) is 15.5. The number of carbonyl (C=O) groups excluding carboxylic acids is 1. The smallest absolute Gasteiger partial charge is 0.238 e. The zero-order valence-electron chi connectivity index (χ0n) is 12.6. The second kappa shape index (κ2) is 5.49. The standard InChI is InChI=1S/C16H23BrN2O/c1-15(2)13(16(15,3)4)9-18-10-14(20)19-12-8-6-5-7-11(12)17/h5-8,13,18H,9-10H2,1-4H3,(H,19,20). The monoisotopic (exact) mass is 338 g/mol. The van der Waals surface area contributed by atoms with Gasteiger partial charge in [-0.05, 0) is 51.4 Å². The maximum Gasteiger partial charge on any atom is 0.238 e. The number of benzene rings is 1. The van der Waals surface area contributed by atoms with Crippen molar-refractivity contribution < 1.29 is 4.79 Å². The van der Waals surface area contributed by atoms with Gasteiger partial charge in [-0.15, -0.1) is 0 Å². The fourth-order valence-corrected chi connectivity index (χ4v) is 3.31. The van der Waals surface area contributed by atoms with Crippen molar-refractivity contribution >= 4 is 27.5 Å². The summed E-state index contributed by atoms with van der Waals surface area (Å²) in [4.78, 5) is 11.9. The van der Waals surface area contributed by atoms with Crippen LogP contribution in [0.4, 0.5) is 5.69 Å². The second-order valence-corrected chi connectivity index (χ2v) is 7.51. The first-order chi connectivity index (χ1) is 9.26. The van der Waals surface area contributed by atoms with E-state index in [1.165, 1.54) is 0 Å². The minimum absolute atomic E-state index is 0.00633. The van der Waals surface area contributed by atoms with Crippen molar-refractivity contribution in [3.8, 4) is 0 Å². The molecule has 20 heavy (non-hydrogen) atoms. The van der Waals surface area contributed by atoms with Gasteiger partial charge in [-0.25, -0.2) is 0 Å². The Balaban J connectivity index is 1.76. The van der Waals surface area contributed by atoms with Gasteiger partial charge in [-0.2, -0.15) is 0 Å². The van der Waals surface area contributed by atoms with Crippen LogP contribution in [0.25, 0.3) is 0 Å². The van der Waals surface area contributed by atoms with E-state index in [4.69, 9.17) is 0 Å². The quantitative estimate of drug-likeness (QED) is 0.860. The van der Waals surface area contributed by atoms with E-state index in [0.717, 1.165) is 16.7 Å². The van der Waals surface area contributed by atoms with Crippen LogP contribution >= 0.6 is 15.9 Å². The molecule has 0 aromatic heterocycles. The first-order valence-corrected chi connectivity index (χ1v) is 7.81. The van der Waals surface area contributed by atoms with Gasteiger partial charge in [0.2, 0.25) is 5.91 Å². The first-order valence-electron chi connectivity index (χ1n) is 7.02. The molecular formula is C16H23BrN2O. The number of hydrogen-bond acceptors (Lipinski definition) is 2. The number of carbonyl (C=O) groups is 1. The van der Waals surface area contributed by atoms with E-state index < -0.39 is 0 Å². The van der Waals surface area contributed by atoms with Crippen LogP contribution in [0.3, 0.4) is 0 Å². The Morgan fingerprint density at radius 3 is 2.35 bits per heavy atom. The molecule has 0 unspecified atom stereocenters. The Labute approximate surface area is 129 Å². The van der Waals surface area contributed by atoms with Gasteiger partial charge >= 0.3 is 0 Å². The normalized spacial score (nSPS) is 19.6. The number of anilines is 1. The molecule has 0 aliphatic heterocycles. The van der Waals surface area contributed by atoms with Gasteiger partial charge in [0.25, 0.3) is 0 Å². The number of nitrogens with one attached hydrogen (secondary N) is 2. The molecule has 1 fully saturated rings. The van der Waals surface area contributed by atoms with Crippen molar-refractivity contribution in [2.45, 2.75) is 27.7 Å². The predicted molar refractivity (Wildman–Crippen MR) is 86.7 cm³/mol. The fourth-order valence-electron chi connectivity index (χ4n) is 2.93. The van der Waals surface area contributed by atoms with Crippen molar-refractivity contribution in [1.82, 2.24) is 5.32 Å². The molecule has 4 heteroatoms. The number of amides is 1. The Bertz CT molecular complexity index is 497. The molecule has 0 heterocycles. The second-order valence-electron chi connectivity index (χ2n) is 6.65. The molecule has 0 atom stereocenters. The van der Waals surface area contributed by atoms with E-state index >= 15 is 0 Å². The molecule has 0 saturated heterocycles. The van der Waals surface area contributed by atoms with Gasteiger partial charge in [-0.1, -0.05) is 39.8 Å². The lowest BCUT2D eigenvalue weighted by Gasteiger charge is -2.09. The summed E-state index contributed by atoms with van der Waals surface area (Å²) in [5.74, 6) is 0.624. The van der Waals surface area contributed by atoms with Crippen LogP contribution in [0.5, 0.6) is 0 Å². The fraction of sp³-hybridized carbons (Fsp3) is 0.562. The van der Waals surface area contributed by atoms with Crippen LogP contribution in [-0.4, -0.2) is 19.0 Å². The molecule has 0 bridgehead atoms. The summed E-state index contributed by atoms with van der Waals surface area (Å²) in [5, 5.41) is 6.17. The van der Waals surface area contributed by atoms with Gasteiger partial charge < -0.3 is 10.6 Å². The van der Waals surface area contributed by atoms with Gasteiger partial charge in [-0.3, -0.25) is 4.79 Å². The highest BCUT2D eigenvalue weighted by atomic mass is 79.9. The Morgan fingerprint density at radius 1 is 1.20 bits per heavy atom. The van der Waals surface area contributed by atoms with E-state index in [0.29, 0.717) is 23.3 Å². The Hall–Kier alpha value is -0.870. The van der Waals surface area contributed by atoms with Crippen LogP contribution < -0.4 is 10.6 Å². The van der Waals surface area contributed by atoms with Crippen LogP contribution in [0.15, 0.2) is 28.7 Å². The van der Waals surface area contributed by atoms with E-state index in [-0.39, 0.29) is 5.91 Å². The van der Waals surface area contributed by atoms with Crippen molar-refractivity contribution in [3.05, 3.63) is 28.7 Å². The molecule has 0 spiro atoms. The third-order valence-corrected chi connectivity index (χ3v) is 5.79. The lowest BCUT2D eigenvalue weighted by molar-refractivity contribution is -0.115. The molecule has 1 aromatic carbocycles. The summed E-state index contributed by atoms with van der Waals surface area (Å²) < 4.78 is 0.901. The zero-order valence-corrected chi connectivity index (χ0v) is 14.2. The Kier molecular flexibility index (Phi) is 4.26. The van der Waals surface area contributed by atoms with Gasteiger partial charge in [0.15, 0.2) is 0 Å². The molecule has 3 nitrogen and oxygen atoms in total. The maximum absolute atomic E-state index is 11.9. The predicted octanol–water partition coefficient (Wildman–Crippen LogP) is 3.66. The highest BCUT2D eigenvalue weighted by Gasteiger charge is 2.63. The van der Waals surface area contributed by atoms with Gasteiger partial charge in [0, 0.05) is 4.47 Å². The highest BCUT2D eigenvalue weighted by Crippen LogP contribution is 2.67. The third-order valence-electron chi connectivity index (χ3n) is 5.10. The summed E-state index contributed by atoms with van der Waals surface area (Å²) in [5.41, 5.74) is 1.53. The molecule has 2 rings (SSSR count). The third kappa shape index (κ3) is 2.91. The van der Waals surface area contributed by atoms with Crippen molar-refractivity contribution in [1.29, 1.82) is 0 Å². The summed E-state index contributed by atoms with van der Waals surface area (Å²) in [6.45, 7) is 10.4. The zero-order chi connectivity index (χ0) is 15.0. The number of para-hydroxylation sites is 1. The van der Waals surface area contributed by atoms with Gasteiger partial charge in [0.1, 0.15) is 0 Å². The van der Waals surface area contributed by atoms with E-state index in [9.17, 15) is 4.79 Å². The van der Waals surface area contributed by atoms with Crippen LogP contribution in [0, 0.1) is 16.7 Å². The van der Waals surface area contributed by atoms with Crippen molar-refractivity contribution in [3.63, 3.8) is 0 Å². The summed E-state index contributed by atoms with van der Waals surface area (Å²) in [6, 6.07) is 7.63. The largest absolute Gasteiger partial charge is 0.324 e. The maximum atomic E-state index is 11.9. The van der Waals surface area contributed by atoms with Crippen molar-refractivity contribution in [2.24, 2.45) is 16.7 Å². The molecule has 110 valence electrons. The molecule has 1 aliphatic carbocycles. The number of rotatable bonds is 5. The van der Waals surface area contributed by atoms with E-state index in [1.54, 1.807) is 0 Å². The molecule has 1 saturated carbocycles. The lowest BCUT2D eigenvalue weighted by Crippen LogP contribution is -2.30. The van der Waals surface area contributed by atoms with Crippen LogP contribution in [-0.2, 0) is 4.79 Å². The molecular weight excluding hydrogens is 316 g/mol. The summed E-state index contributed by atoms with van der Waals surface area (Å²) in [6.07, 6.45) is 0. The minimum Gasteiger partial charge on any atom is -0.324 e. The molecule has 2 N–H and O–H groups in total. The van der Waals surface area contributed by atoms with Crippen molar-refractivity contribution in [2.75, 3.05) is 18.4 Å². The summed E-state index contributed by atoms with van der Waals surface area (Å²) in [7, 11) is 0. The topological polar surface area (TPSA) is 41.1 Å². The number of hydrogen-bond donors (Lipinski definition) is 2. The highest BCUT2D eigenvalue weighted by molar-refractivity contribution is 9.10. The van der Waals surface area contributed by atoms with Crippen LogP contribution in [0.2, 0.25) is 0 Å². The van der Waals surface area contributed by atoms with Gasteiger partial charge in [0.05, 0.1) is 12.2 Å². The molecule has 1 amide bonds. The average Bonchev–Trinajstić information content (AvgIpc) is 2.74. The average molecular weight is 339 g/mol. The minimum atomic E-state index is -0.00633. The molecule has 1 aliphatic rings. The molecule has 0 radical (unpaired) electrons. The Morgan fingerprint density at radius 2 is 1.80 bits per heavy atom. The number of halogens is 1. The van der Waals surface area contributed by atoms with Crippen LogP contribution in [0.1, 0.15) is 27.7 Å². The molecule has 1 aromatic rings. The SMILES string of the molecule is CC1(C)C(CNCC(=O)Nc2ccccc2Br)C1(C)C. The van der Waals surface area contributed by atoms with E-state index in [2.05, 4.69) is 54.3 Å².